The van der Waals surface area contributed by atoms with Gasteiger partial charge < -0.3 is 5.11 Å². The highest BCUT2D eigenvalue weighted by Crippen LogP contribution is 2.30. The van der Waals surface area contributed by atoms with Gasteiger partial charge in [-0.1, -0.05) is 25.2 Å². The average Bonchev–Trinajstić information content (AvgIpc) is 1.96. The monoisotopic (exact) mass is 138 g/mol. The Morgan fingerprint density at radius 1 is 1.80 bits per heavy atom. The van der Waals surface area contributed by atoms with E-state index < -0.39 is 0 Å². The van der Waals surface area contributed by atoms with Crippen molar-refractivity contribution in [1.29, 1.82) is 0 Å². The van der Waals surface area contributed by atoms with E-state index in [1.165, 1.54) is 0 Å². The van der Waals surface area contributed by atoms with Gasteiger partial charge >= 0.3 is 0 Å². The van der Waals surface area contributed by atoms with Crippen molar-refractivity contribution in [3.8, 4) is 0 Å². The smallest absolute Gasteiger partial charge is 0.0721 e. The highest BCUT2D eigenvalue weighted by atomic mass is 16.3. The standard InChI is InChI=1S/C9H14O/c1-3-9(2)6-4-8(10)5-7-9/h3-4,6,8,10H,1,5,7H2,2H3/t8-,9+/m0/s1. The lowest BCUT2D eigenvalue weighted by Crippen LogP contribution is -2.19. The van der Waals surface area contributed by atoms with E-state index in [1.807, 2.05) is 18.2 Å². The Kier molecular flexibility index (Phi) is 1.95. The molecule has 1 nitrogen and oxygen atoms in total. The van der Waals surface area contributed by atoms with Crippen molar-refractivity contribution in [2.75, 3.05) is 0 Å². The second kappa shape index (κ2) is 2.59. The van der Waals surface area contributed by atoms with Crippen LogP contribution in [-0.4, -0.2) is 11.2 Å². The largest absolute Gasteiger partial charge is 0.389 e. The normalized spacial score (nSPS) is 39.6. The minimum Gasteiger partial charge on any atom is -0.389 e. The summed E-state index contributed by atoms with van der Waals surface area (Å²) in [6, 6.07) is 0. The molecule has 0 bridgehead atoms. The minimum absolute atomic E-state index is 0.124. The topological polar surface area (TPSA) is 20.2 Å². The lowest BCUT2D eigenvalue weighted by molar-refractivity contribution is 0.186. The summed E-state index contributed by atoms with van der Waals surface area (Å²) < 4.78 is 0. The summed E-state index contributed by atoms with van der Waals surface area (Å²) in [6.45, 7) is 5.88. The van der Waals surface area contributed by atoms with Crippen LogP contribution in [0.4, 0.5) is 0 Å². The van der Waals surface area contributed by atoms with E-state index in [9.17, 15) is 0 Å². The van der Waals surface area contributed by atoms with Crippen molar-refractivity contribution in [2.45, 2.75) is 25.9 Å². The molecule has 0 aromatic rings. The van der Waals surface area contributed by atoms with Crippen LogP contribution < -0.4 is 0 Å². The third-order valence-corrected chi connectivity index (χ3v) is 2.14. The molecule has 0 radical (unpaired) electrons. The lowest BCUT2D eigenvalue weighted by atomic mass is 9.80. The molecule has 0 heterocycles. The van der Waals surface area contributed by atoms with Crippen LogP contribution in [0, 0.1) is 5.41 Å². The molecule has 2 atom stereocenters. The molecule has 0 spiro atoms. The molecule has 0 aromatic heterocycles. The van der Waals surface area contributed by atoms with Gasteiger partial charge in [-0.05, 0) is 12.8 Å². The van der Waals surface area contributed by atoms with Crippen LogP contribution in [0.1, 0.15) is 19.8 Å². The first-order chi connectivity index (χ1) is 4.66. The fourth-order valence-corrected chi connectivity index (χ4v) is 1.14. The SMILES string of the molecule is C=C[C@]1(C)C=C[C@H](O)CC1. The number of hydrogen-bond acceptors (Lipinski definition) is 1. The molecule has 1 heteroatoms. The molecule has 1 aliphatic rings. The van der Waals surface area contributed by atoms with Gasteiger partial charge in [0, 0.05) is 5.41 Å². The zero-order valence-electron chi connectivity index (χ0n) is 6.38. The third-order valence-electron chi connectivity index (χ3n) is 2.14. The summed E-state index contributed by atoms with van der Waals surface area (Å²) in [4.78, 5) is 0. The van der Waals surface area contributed by atoms with Crippen LogP contribution in [0.15, 0.2) is 24.8 Å². The van der Waals surface area contributed by atoms with E-state index in [0.29, 0.717) is 0 Å². The van der Waals surface area contributed by atoms with Gasteiger partial charge in [-0.15, -0.1) is 6.58 Å². The van der Waals surface area contributed by atoms with Crippen molar-refractivity contribution < 1.29 is 5.11 Å². The summed E-state index contributed by atoms with van der Waals surface area (Å²) in [5, 5.41) is 9.12. The third kappa shape index (κ3) is 1.48. The molecule has 0 saturated heterocycles. The maximum Gasteiger partial charge on any atom is 0.0721 e. The molecule has 56 valence electrons. The van der Waals surface area contributed by atoms with Crippen molar-refractivity contribution in [3.05, 3.63) is 24.8 Å². The van der Waals surface area contributed by atoms with Crippen molar-refractivity contribution in [1.82, 2.24) is 0 Å². The Labute approximate surface area is 62.1 Å². The quantitative estimate of drug-likeness (QED) is 0.548. The summed E-state index contributed by atoms with van der Waals surface area (Å²) in [5.74, 6) is 0. The maximum absolute atomic E-state index is 9.12. The molecule has 0 amide bonds. The van der Waals surface area contributed by atoms with Crippen molar-refractivity contribution in [2.24, 2.45) is 5.41 Å². The first kappa shape index (κ1) is 7.55. The van der Waals surface area contributed by atoms with E-state index in [0.717, 1.165) is 12.8 Å². The van der Waals surface area contributed by atoms with Crippen LogP contribution in [-0.2, 0) is 0 Å². The summed E-state index contributed by atoms with van der Waals surface area (Å²) in [7, 11) is 0. The van der Waals surface area contributed by atoms with E-state index in [1.54, 1.807) is 0 Å². The van der Waals surface area contributed by atoms with Gasteiger partial charge in [0.15, 0.2) is 0 Å². The first-order valence-corrected chi connectivity index (χ1v) is 3.67. The number of aliphatic hydroxyl groups excluding tert-OH is 1. The highest BCUT2D eigenvalue weighted by Gasteiger charge is 2.21. The molecule has 0 unspecified atom stereocenters. The predicted octanol–water partition coefficient (Wildman–Crippen LogP) is 1.89. The van der Waals surface area contributed by atoms with Gasteiger partial charge in [0.2, 0.25) is 0 Å². The molecule has 10 heavy (non-hydrogen) atoms. The van der Waals surface area contributed by atoms with Gasteiger partial charge in [-0.3, -0.25) is 0 Å². The van der Waals surface area contributed by atoms with E-state index >= 15 is 0 Å². The molecular weight excluding hydrogens is 124 g/mol. The second-order valence-corrected chi connectivity index (χ2v) is 3.18. The number of allylic oxidation sites excluding steroid dienone is 2. The summed E-state index contributed by atoms with van der Waals surface area (Å²) >= 11 is 0. The van der Waals surface area contributed by atoms with Gasteiger partial charge in [0.25, 0.3) is 0 Å². The van der Waals surface area contributed by atoms with Gasteiger partial charge in [0.1, 0.15) is 0 Å². The molecule has 0 aliphatic heterocycles. The zero-order valence-corrected chi connectivity index (χ0v) is 6.38. The highest BCUT2D eigenvalue weighted by molar-refractivity contribution is 5.12. The minimum atomic E-state index is -0.229. The lowest BCUT2D eigenvalue weighted by Gasteiger charge is -2.26. The second-order valence-electron chi connectivity index (χ2n) is 3.18. The van der Waals surface area contributed by atoms with Gasteiger partial charge in [-0.25, -0.2) is 0 Å². The number of hydrogen-bond donors (Lipinski definition) is 1. The summed E-state index contributed by atoms with van der Waals surface area (Å²) in [5.41, 5.74) is 0.124. The van der Waals surface area contributed by atoms with Crippen LogP contribution in [0.25, 0.3) is 0 Å². The number of aliphatic hydroxyl groups is 1. The van der Waals surface area contributed by atoms with Crippen LogP contribution >= 0.6 is 0 Å². The Morgan fingerprint density at radius 2 is 2.50 bits per heavy atom. The zero-order chi connectivity index (χ0) is 7.61. The molecule has 1 aliphatic carbocycles. The van der Waals surface area contributed by atoms with Crippen LogP contribution in [0.3, 0.4) is 0 Å². The molecule has 0 fully saturated rings. The van der Waals surface area contributed by atoms with Crippen molar-refractivity contribution >= 4 is 0 Å². The van der Waals surface area contributed by atoms with Crippen LogP contribution in [0.2, 0.25) is 0 Å². The summed E-state index contributed by atoms with van der Waals surface area (Å²) in [6.07, 6.45) is 7.47. The number of rotatable bonds is 1. The van der Waals surface area contributed by atoms with Gasteiger partial charge in [0.05, 0.1) is 6.10 Å². The van der Waals surface area contributed by atoms with Crippen LogP contribution in [0.5, 0.6) is 0 Å². The van der Waals surface area contributed by atoms with E-state index in [4.69, 9.17) is 5.11 Å². The molecule has 0 saturated carbocycles. The Balaban J connectivity index is 2.68. The van der Waals surface area contributed by atoms with Crippen molar-refractivity contribution in [3.63, 3.8) is 0 Å². The molecule has 1 N–H and O–H groups in total. The van der Waals surface area contributed by atoms with E-state index in [-0.39, 0.29) is 11.5 Å². The predicted molar refractivity (Wildman–Crippen MR) is 42.7 cm³/mol. The Morgan fingerprint density at radius 3 is 2.90 bits per heavy atom. The molecule has 1 rings (SSSR count). The Bertz CT molecular complexity index is 160. The Hall–Kier alpha value is -0.560. The average molecular weight is 138 g/mol. The fourth-order valence-electron chi connectivity index (χ4n) is 1.14. The maximum atomic E-state index is 9.12. The first-order valence-electron chi connectivity index (χ1n) is 3.67. The van der Waals surface area contributed by atoms with Gasteiger partial charge in [-0.2, -0.15) is 0 Å². The molecular formula is C9H14O. The fraction of sp³-hybridized carbons (Fsp3) is 0.556. The van der Waals surface area contributed by atoms with E-state index in [2.05, 4.69) is 13.5 Å². The molecule has 0 aromatic carbocycles.